The molecule has 4 heterocycles. The van der Waals surface area contributed by atoms with E-state index in [1.165, 1.54) is 0 Å². The first-order valence-electron chi connectivity index (χ1n) is 10.8. The number of fused-ring (bicyclic) bond motifs is 3. The molecule has 33 heavy (non-hydrogen) atoms. The molecular weight excluding hydrogens is 461 g/mol. The summed E-state index contributed by atoms with van der Waals surface area (Å²) in [6.07, 6.45) is -4.82. The van der Waals surface area contributed by atoms with Gasteiger partial charge >= 0.3 is 12.1 Å². The second kappa shape index (κ2) is 6.83. The maximum atomic E-state index is 13.2. The molecule has 0 bridgehead atoms. The van der Waals surface area contributed by atoms with Crippen LogP contribution in [0.1, 0.15) is 37.4 Å². The minimum absolute atomic E-state index is 0.187. The lowest BCUT2D eigenvalue weighted by Crippen LogP contribution is -2.71. The first-order chi connectivity index (χ1) is 15.6. The summed E-state index contributed by atoms with van der Waals surface area (Å²) < 4.78 is 46.5. The molecule has 6 rings (SSSR count). The summed E-state index contributed by atoms with van der Waals surface area (Å²) in [5.74, 6) is -1.01. The van der Waals surface area contributed by atoms with Crippen LogP contribution < -0.4 is 10.2 Å². The molecule has 1 saturated carbocycles. The lowest BCUT2D eigenvalue weighted by Gasteiger charge is -2.56. The monoisotopic (exact) mass is 482 g/mol. The molecule has 1 atom stereocenters. The van der Waals surface area contributed by atoms with Crippen molar-refractivity contribution >= 4 is 23.5 Å². The largest absolute Gasteiger partial charge is 0.490 e. The number of nitrogens with zero attached hydrogens (tertiary/aromatic N) is 5. The van der Waals surface area contributed by atoms with E-state index in [0.717, 1.165) is 39.0 Å². The lowest BCUT2D eigenvalue weighted by atomic mass is 9.75. The van der Waals surface area contributed by atoms with Crippen molar-refractivity contribution in [2.24, 2.45) is 5.41 Å². The van der Waals surface area contributed by atoms with Crippen molar-refractivity contribution in [3.05, 3.63) is 34.6 Å². The van der Waals surface area contributed by atoms with E-state index in [1.807, 2.05) is 11.5 Å². The minimum atomic E-state index is -5.11. The van der Waals surface area contributed by atoms with E-state index < -0.39 is 23.9 Å². The van der Waals surface area contributed by atoms with Crippen molar-refractivity contribution in [3.8, 4) is 5.69 Å². The third-order valence-corrected chi connectivity index (χ3v) is 7.49. The number of halogens is 4. The molecule has 1 aliphatic carbocycles. The number of esters is 1. The number of benzene rings is 1. The fourth-order valence-electron chi connectivity index (χ4n) is 5.04. The van der Waals surface area contributed by atoms with Gasteiger partial charge in [-0.1, -0.05) is 11.6 Å². The van der Waals surface area contributed by atoms with Crippen molar-refractivity contribution in [3.63, 3.8) is 0 Å². The number of aromatic nitrogens is 3. The molecule has 176 valence electrons. The van der Waals surface area contributed by atoms with Gasteiger partial charge in [0.15, 0.2) is 12.1 Å². The Kier molecular flexibility index (Phi) is 4.38. The molecule has 0 radical (unpaired) electrons. The molecule has 3 fully saturated rings. The number of carbonyl (C=O) groups is 1. The number of carbonyl (C=O) groups excluding carboxylic acids is 1. The van der Waals surface area contributed by atoms with E-state index in [0.29, 0.717) is 28.0 Å². The van der Waals surface area contributed by atoms with Gasteiger partial charge in [-0.25, -0.2) is 4.79 Å². The van der Waals surface area contributed by atoms with Gasteiger partial charge in [0.1, 0.15) is 0 Å². The first-order valence-corrected chi connectivity index (χ1v) is 11.2. The Labute approximate surface area is 192 Å². The summed E-state index contributed by atoms with van der Waals surface area (Å²) in [6.45, 7) is 5.70. The van der Waals surface area contributed by atoms with Crippen molar-refractivity contribution in [1.29, 1.82) is 0 Å². The molecule has 2 saturated heterocycles. The maximum Gasteiger partial charge on any atom is 0.490 e. The summed E-state index contributed by atoms with van der Waals surface area (Å²) in [4.78, 5) is 15.8. The molecule has 3 aliphatic heterocycles. The van der Waals surface area contributed by atoms with Gasteiger partial charge in [-0.3, -0.25) is 9.47 Å². The van der Waals surface area contributed by atoms with Crippen LogP contribution in [0.2, 0.25) is 5.02 Å². The summed E-state index contributed by atoms with van der Waals surface area (Å²) in [6, 6.07) is 4.95. The molecule has 0 amide bonds. The molecule has 8 nitrogen and oxygen atoms in total. The average molecular weight is 483 g/mol. The standard InChI is InChI=1S/C21H22ClF3N6O2/c1-19(4-5-19)30-7-15-27-28-18(29-10-20(11-29)8-26-9-20)31(15)14-3-2-12(22)6-13(14)16(30)33-17(32)21(23,24)25/h2-3,6,16,26H,4-5,7-11H2,1H3. The van der Waals surface area contributed by atoms with E-state index in [1.54, 1.807) is 23.1 Å². The highest BCUT2D eigenvalue weighted by molar-refractivity contribution is 6.30. The fraction of sp³-hybridized carbons (Fsp3) is 0.571. The normalized spacial score (nSPS) is 24.9. The van der Waals surface area contributed by atoms with E-state index >= 15 is 0 Å². The van der Waals surface area contributed by atoms with Crippen LogP contribution in [-0.4, -0.2) is 63.5 Å². The lowest BCUT2D eigenvalue weighted by molar-refractivity contribution is -0.216. The van der Waals surface area contributed by atoms with Gasteiger partial charge in [0.05, 0.1) is 12.2 Å². The molecule has 4 aliphatic rings. The molecule has 1 aromatic carbocycles. The van der Waals surface area contributed by atoms with Gasteiger partial charge in [-0.05, 0) is 38.0 Å². The minimum Gasteiger partial charge on any atom is -0.435 e. The van der Waals surface area contributed by atoms with Crippen LogP contribution >= 0.6 is 11.6 Å². The predicted octanol–water partition coefficient (Wildman–Crippen LogP) is 2.80. The Hall–Kier alpha value is -2.37. The number of ether oxygens (including phenoxy) is 1. The molecule has 1 N–H and O–H groups in total. The Morgan fingerprint density at radius 1 is 1.24 bits per heavy atom. The highest BCUT2D eigenvalue weighted by Gasteiger charge is 2.53. The van der Waals surface area contributed by atoms with E-state index in [-0.39, 0.29) is 12.0 Å². The zero-order valence-electron chi connectivity index (χ0n) is 17.8. The van der Waals surface area contributed by atoms with Crippen molar-refractivity contribution < 1.29 is 22.7 Å². The van der Waals surface area contributed by atoms with Crippen LogP contribution in [0.4, 0.5) is 19.1 Å². The topological polar surface area (TPSA) is 75.5 Å². The Bertz CT molecular complexity index is 1140. The van der Waals surface area contributed by atoms with Gasteiger partial charge < -0.3 is 15.0 Å². The predicted molar refractivity (Wildman–Crippen MR) is 112 cm³/mol. The number of anilines is 1. The van der Waals surface area contributed by atoms with Crippen LogP contribution in [0, 0.1) is 5.41 Å². The molecule has 1 aromatic heterocycles. The number of hydrogen-bond donors (Lipinski definition) is 1. The second-order valence-electron chi connectivity index (χ2n) is 9.79. The van der Waals surface area contributed by atoms with Gasteiger partial charge in [0.2, 0.25) is 5.95 Å². The Balaban J connectivity index is 1.46. The maximum absolute atomic E-state index is 13.2. The van der Waals surface area contributed by atoms with E-state index in [9.17, 15) is 18.0 Å². The number of rotatable bonds is 3. The third kappa shape index (κ3) is 3.31. The zero-order valence-corrected chi connectivity index (χ0v) is 18.6. The van der Waals surface area contributed by atoms with Gasteiger partial charge in [-0.2, -0.15) is 13.2 Å². The van der Waals surface area contributed by atoms with Crippen LogP contribution in [0.3, 0.4) is 0 Å². The average Bonchev–Trinajstić information content (AvgIpc) is 3.33. The third-order valence-electron chi connectivity index (χ3n) is 7.26. The van der Waals surface area contributed by atoms with Crippen LogP contribution in [0.15, 0.2) is 18.2 Å². The Morgan fingerprint density at radius 2 is 1.97 bits per heavy atom. The summed E-state index contributed by atoms with van der Waals surface area (Å²) >= 11 is 6.27. The fourth-order valence-corrected chi connectivity index (χ4v) is 5.22. The van der Waals surface area contributed by atoms with Crippen LogP contribution in [-0.2, 0) is 16.1 Å². The zero-order chi connectivity index (χ0) is 23.2. The number of alkyl halides is 3. The molecule has 12 heteroatoms. The SMILES string of the molecule is CC1(N2Cc3nnc(N4CC5(CNC5)C4)n3-c3ccc(Cl)cc3C2OC(=O)C(F)(F)F)CC1. The van der Waals surface area contributed by atoms with Gasteiger partial charge in [0.25, 0.3) is 0 Å². The molecule has 1 unspecified atom stereocenters. The van der Waals surface area contributed by atoms with Crippen molar-refractivity contribution in [1.82, 2.24) is 25.0 Å². The van der Waals surface area contributed by atoms with Crippen molar-refractivity contribution in [2.75, 3.05) is 31.1 Å². The number of nitrogens with one attached hydrogen (secondary N) is 1. The number of hydrogen-bond acceptors (Lipinski definition) is 7. The Morgan fingerprint density at radius 3 is 2.58 bits per heavy atom. The van der Waals surface area contributed by atoms with Crippen LogP contribution in [0.25, 0.3) is 5.69 Å². The summed E-state index contributed by atoms with van der Waals surface area (Å²) in [5, 5.41) is 12.5. The summed E-state index contributed by atoms with van der Waals surface area (Å²) in [5.41, 5.74) is 0.774. The van der Waals surface area contributed by atoms with Crippen molar-refractivity contribution in [2.45, 2.75) is 44.3 Å². The first kappa shape index (κ1) is 21.2. The smallest absolute Gasteiger partial charge is 0.435 e. The van der Waals surface area contributed by atoms with Gasteiger partial charge in [-0.15, -0.1) is 10.2 Å². The second-order valence-corrected chi connectivity index (χ2v) is 10.2. The molecule has 2 aromatic rings. The molecular formula is C21H22ClF3N6O2. The van der Waals surface area contributed by atoms with Gasteiger partial charge in [0, 0.05) is 47.7 Å². The highest BCUT2D eigenvalue weighted by atomic mass is 35.5. The molecule has 1 spiro atoms. The summed E-state index contributed by atoms with van der Waals surface area (Å²) in [7, 11) is 0. The quantitative estimate of drug-likeness (QED) is 0.674. The van der Waals surface area contributed by atoms with Crippen LogP contribution in [0.5, 0.6) is 0 Å². The van der Waals surface area contributed by atoms with E-state index in [2.05, 4.69) is 20.4 Å². The van der Waals surface area contributed by atoms with E-state index in [4.69, 9.17) is 16.3 Å². The highest BCUT2D eigenvalue weighted by Crippen LogP contribution is 2.50.